The lowest BCUT2D eigenvalue weighted by Crippen LogP contribution is -2.38. The van der Waals surface area contributed by atoms with Gasteiger partial charge in [-0.2, -0.15) is 0 Å². The topological polar surface area (TPSA) is 48.9 Å². The molecule has 0 unspecified atom stereocenters. The number of aliphatic imine (C=N–C) groups is 1. The van der Waals surface area contributed by atoms with Gasteiger partial charge in [-0.3, -0.25) is 9.89 Å². The summed E-state index contributed by atoms with van der Waals surface area (Å²) in [6.07, 6.45) is 0.615. The van der Waals surface area contributed by atoms with Gasteiger partial charge in [-0.25, -0.2) is 4.39 Å². The van der Waals surface area contributed by atoms with E-state index in [0.717, 1.165) is 32.8 Å². The number of hydrogen-bond donors (Lipinski definition) is 2. The molecule has 28 heavy (non-hydrogen) atoms. The van der Waals surface area contributed by atoms with Crippen molar-refractivity contribution in [2.24, 2.45) is 4.99 Å². The van der Waals surface area contributed by atoms with Gasteiger partial charge in [0.25, 0.3) is 0 Å². The maximum Gasteiger partial charge on any atom is 0.191 e. The Labute approximate surface area is 166 Å². The van der Waals surface area contributed by atoms with E-state index in [4.69, 9.17) is 4.74 Å². The molecule has 2 aromatic carbocycles. The normalized spacial score (nSPS) is 15.4. The predicted octanol–water partition coefficient (Wildman–Crippen LogP) is 2.57. The van der Waals surface area contributed by atoms with Crippen LogP contribution in [0.4, 0.5) is 4.39 Å². The Hall–Kier alpha value is -2.44. The molecule has 0 amide bonds. The van der Waals surface area contributed by atoms with Crippen LogP contribution in [0, 0.1) is 5.82 Å². The minimum Gasteiger partial charge on any atom is -0.379 e. The van der Waals surface area contributed by atoms with Gasteiger partial charge >= 0.3 is 0 Å². The molecule has 5 nitrogen and oxygen atoms in total. The summed E-state index contributed by atoms with van der Waals surface area (Å²) in [6, 6.07) is 15.5. The van der Waals surface area contributed by atoms with Crippen molar-refractivity contribution >= 4 is 5.96 Å². The van der Waals surface area contributed by atoms with Crippen LogP contribution in [0.2, 0.25) is 0 Å². The number of ether oxygens (including phenoxy) is 1. The van der Waals surface area contributed by atoms with Gasteiger partial charge in [0.2, 0.25) is 0 Å². The molecular weight excluding hydrogens is 355 g/mol. The van der Waals surface area contributed by atoms with E-state index in [0.29, 0.717) is 31.0 Å². The smallest absolute Gasteiger partial charge is 0.191 e. The first kappa shape index (κ1) is 20.3. The van der Waals surface area contributed by atoms with Gasteiger partial charge in [0.05, 0.1) is 13.2 Å². The van der Waals surface area contributed by atoms with E-state index in [-0.39, 0.29) is 5.82 Å². The van der Waals surface area contributed by atoms with Gasteiger partial charge in [-0.1, -0.05) is 42.5 Å². The molecule has 1 aliphatic rings. The number of nitrogens with zero attached hydrogens (tertiary/aromatic N) is 2. The lowest BCUT2D eigenvalue weighted by atomic mass is 10.1. The fraction of sp³-hybridized carbons (Fsp3) is 0.409. The second kappa shape index (κ2) is 10.8. The lowest BCUT2D eigenvalue weighted by molar-refractivity contribution is 0.0342. The molecule has 0 saturated carbocycles. The van der Waals surface area contributed by atoms with Gasteiger partial charge in [0, 0.05) is 39.8 Å². The Kier molecular flexibility index (Phi) is 7.82. The highest BCUT2D eigenvalue weighted by atomic mass is 19.1. The molecule has 1 aliphatic heterocycles. The molecule has 6 heteroatoms. The highest BCUT2D eigenvalue weighted by Crippen LogP contribution is 2.09. The fourth-order valence-corrected chi connectivity index (χ4v) is 3.20. The summed E-state index contributed by atoms with van der Waals surface area (Å²) in [6.45, 7) is 5.93. The van der Waals surface area contributed by atoms with Crippen molar-refractivity contribution in [3.05, 3.63) is 71.0 Å². The number of hydrogen-bond acceptors (Lipinski definition) is 3. The summed E-state index contributed by atoms with van der Waals surface area (Å²) >= 11 is 0. The summed E-state index contributed by atoms with van der Waals surface area (Å²) in [5.74, 6) is 0.554. The third-order valence-electron chi connectivity index (χ3n) is 4.86. The monoisotopic (exact) mass is 384 g/mol. The second-order valence-corrected chi connectivity index (χ2v) is 6.90. The maximum absolute atomic E-state index is 13.7. The zero-order chi connectivity index (χ0) is 19.6. The second-order valence-electron chi connectivity index (χ2n) is 6.90. The minimum absolute atomic E-state index is 0.163. The van der Waals surface area contributed by atoms with Crippen molar-refractivity contribution in [1.82, 2.24) is 15.5 Å². The highest BCUT2D eigenvalue weighted by molar-refractivity contribution is 5.79. The number of morpholine rings is 1. The Bertz CT molecular complexity index is 757. The van der Waals surface area contributed by atoms with Gasteiger partial charge in [-0.15, -0.1) is 0 Å². The summed E-state index contributed by atoms with van der Waals surface area (Å²) in [7, 11) is 1.74. The van der Waals surface area contributed by atoms with Gasteiger partial charge in [0.1, 0.15) is 5.82 Å². The Morgan fingerprint density at radius 1 is 1.04 bits per heavy atom. The highest BCUT2D eigenvalue weighted by Gasteiger charge is 2.10. The van der Waals surface area contributed by atoms with Crippen LogP contribution in [-0.2, 0) is 24.2 Å². The summed E-state index contributed by atoms with van der Waals surface area (Å²) < 4.78 is 19.1. The van der Waals surface area contributed by atoms with Crippen LogP contribution in [-0.4, -0.2) is 50.8 Å². The average molecular weight is 384 g/mol. The van der Waals surface area contributed by atoms with Crippen LogP contribution in [0.25, 0.3) is 0 Å². The molecule has 3 rings (SSSR count). The van der Waals surface area contributed by atoms with Crippen molar-refractivity contribution in [3.63, 3.8) is 0 Å². The largest absolute Gasteiger partial charge is 0.379 e. The van der Waals surface area contributed by atoms with Crippen LogP contribution in [0.1, 0.15) is 16.7 Å². The molecule has 2 N–H and O–H groups in total. The SMILES string of the molecule is CN=C(NCCc1ccccc1F)NCc1ccc(CN2CCOCC2)cc1. The van der Waals surface area contributed by atoms with Crippen LogP contribution in [0.5, 0.6) is 0 Å². The molecule has 0 spiro atoms. The van der Waals surface area contributed by atoms with Crippen molar-refractivity contribution in [2.45, 2.75) is 19.5 Å². The van der Waals surface area contributed by atoms with Crippen LogP contribution >= 0.6 is 0 Å². The number of rotatable bonds is 7. The van der Waals surface area contributed by atoms with Crippen LogP contribution < -0.4 is 10.6 Å². The van der Waals surface area contributed by atoms with E-state index in [1.165, 1.54) is 17.2 Å². The molecule has 1 fully saturated rings. The van der Waals surface area contributed by atoms with E-state index in [9.17, 15) is 4.39 Å². The van der Waals surface area contributed by atoms with Crippen molar-refractivity contribution < 1.29 is 9.13 Å². The standard InChI is InChI=1S/C22H29FN4O/c1-24-22(25-11-10-20-4-2-3-5-21(20)23)26-16-18-6-8-19(9-7-18)17-27-12-14-28-15-13-27/h2-9H,10-17H2,1H3,(H2,24,25,26). The Morgan fingerprint density at radius 2 is 1.75 bits per heavy atom. The zero-order valence-corrected chi connectivity index (χ0v) is 16.5. The quantitative estimate of drug-likeness (QED) is 0.569. The van der Waals surface area contributed by atoms with E-state index < -0.39 is 0 Å². The van der Waals surface area contributed by atoms with E-state index >= 15 is 0 Å². The summed E-state index contributed by atoms with van der Waals surface area (Å²) in [5, 5.41) is 6.54. The van der Waals surface area contributed by atoms with Gasteiger partial charge in [-0.05, 0) is 29.2 Å². The minimum atomic E-state index is -0.163. The molecule has 2 aromatic rings. The predicted molar refractivity (Wildman–Crippen MR) is 111 cm³/mol. The first-order valence-electron chi connectivity index (χ1n) is 9.80. The Morgan fingerprint density at radius 3 is 2.46 bits per heavy atom. The molecule has 0 radical (unpaired) electrons. The number of halogens is 1. The van der Waals surface area contributed by atoms with Gasteiger partial charge in [0.15, 0.2) is 5.96 Å². The molecule has 0 bridgehead atoms. The zero-order valence-electron chi connectivity index (χ0n) is 16.5. The molecule has 1 heterocycles. The molecule has 1 saturated heterocycles. The van der Waals surface area contributed by atoms with Crippen LogP contribution in [0.3, 0.4) is 0 Å². The molecule has 0 aromatic heterocycles. The van der Waals surface area contributed by atoms with Gasteiger partial charge < -0.3 is 15.4 Å². The molecule has 150 valence electrons. The lowest BCUT2D eigenvalue weighted by Gasteiger charge is -2.26. The first-order chi connectivity index (χ1) is 13.7. The third-order valence-corrected chi connectivity index (χ3v) is 4.86. The summed E-state index contributed by atoms with van der Waals surface area (Å²) in [4.78, 5) is 6.65. The third kappa shape index (κ3) is 6.32. The van der Waals surface area contributed by atoms with Crippen LogP contribution in [0.15, 0.2) is 53.5 Å². The first-order valence-corrected chi connectivity index (χ1v) is 9.80. The van der Waals surface area contributed by atoms with Crippen molar-refractivity contribution in [2.75, 3.05) is 39.9 Å². The molecule has 0 aliphatic carbocycles. The van der Waals surface area contributed by atoms with E-state index in [2.05, 4.69) is 44.8 Å². The number of nitrogens with one attached hydrogen (secondary N) is 2. The van der Waals surface area contributed by atoms with E-state index in [1.54, 1.807) is 13.1 Å². The summed E-state index contributed by atoms with van der Waals surface area (Å²) in [5.41, 5.74) is 3.22. The number of benzene rings is 2. The Balaban J connectivity index is 1.41. The molecular formula is C22H29FN4O. The van der Waals surface area contributed by atoms with Crippen molar-refractivity contribution in [3.8, 4) is 0 Å². The number of guanidine groups is 1. The average Bonchev–Trinajstić information content (AvgIpc) is 2.73. The maximum atomic E-state index is 13.7. The van der Waals surface area contributed by atoms with Crippen molar-refractivity contribution in [1.29, 1.82) is 0 Å². The van der Waals surface area contributed by atoms with E-state index in [1.807, 2.05) is 12.1 Å². The molecule has 0 atom stereocenters. The fourth-order valence-electron chi connectivity index (χ4n) is 3.20.